The molecule has 6 nitrogen and oxygen atoms in total. The van der Waals surface area contributed by atoms with Crippen LogP contribution in [0, 0.1) is 10.1 Å². The van der Waals surface area contributed by atoms with Gasteiger partial charge in [-0.3, -0.25) is 14.9 Å². The Morgan fingerprint density at radius 3 is 2.94 bits per heavy atom. The molecule has 18 heavy (non-hydrogen) atoms. The first-order valence-electron chi connectivity index (χ1n) is 5.63. The molecule has 0 aliphatic carbocycles. The van der Waals surface area contributed by atoms with Gasteiger partial charge in [-0.15, -0.1) is 0 Å². The Kier molecular flexibility index (Phi) is 3.18. The van der Waals surface area contributed by atoms with Crippen molar-refractivity contribution in [1.82, 2.24) is 0 Å². The minimum Gasteiger partial charge on any atom is -0.468 e. The summed E-state index contributed by atoms with van der Waals surface area (Å²) in [5.74, 6) is -0.312. The van der Waals surface area contributed by atoms with E-state index in [1.807, 2.05) is 11.8 Å². The predicted octanol–water partition coefficient (Wildman–Crippen LogP) is 1.52. The Balaban J connectivity index is 2.29. The molecule has 1 heterocycles. The molecule has 0 spiro atoms. The molecule has 0 fully saturated rings. The van der Waals surface area contributed by atoms with E-state index in [9.17, 15) is 14.9 Å². The molecule has 1 unspecified atom stereocenters. The number of ether oxygens (including phenoxy) is 1. The summed E-state index contributed by atoms with van der Waals surface area (Å²) in [6.07, 6.45) is 0.702. The van der Waals surface area contributed by atoms with Gasteiger partial charge in [0.15, 0.2) is 0 Å². The zero-order valence-corrected chi connectivity index (χ0v) is 10.3. The number of nitrogens with zero attached hydrogens (tertiary/aromatic N) is 2. The van der Waals surface area contributed by atoms with E-state index in [4.69, 9.17) is 0 Å². The average molecular weight is 250 g/mol. The fourth-order valence-electron chi connectivity index (χ4n) is 2.24. The number of methoxy groups -OCH3 is 1. The fraction of sp³-hybridized carbons (Fsp3) is 0.417. The molecule has 0 saturated carbocycles. The Morgan fingerprint density at radius 1 is 1.61 bits per heavy atom. The summed E-state index contributed by atoms with van der Waals surface area (Å²) in [5.41, 5.74) is 1.86. The van der Waals surface area contributed by atoms with Gasteiger partial charge in [-0.1, -0.05) is 0 Å². The van der Waals surface area contributed by atoms with Gasteiger partial charge in [0.25, 0.3) is 5.69 Å². The van der Waals surface area contributed by atoms with Crippen molar-refractivity contribution in [2.24, 2.45) is 0 Å². The molecule has 0 bridgehead atoms. The maximum absolute atomic E-state index is 11.3. The van der Waals surface area contributed by atoms with Crippen LogP contribution < -0.4 is 4.90 Å². The normalized spacial score (nSPS) is 17.4. The number of nitro groups is 1. The van der Waals surface area contributed by atoms with E-state index in [-0.39, 0.29) is 24.2 Å². The number of esters is 1. The maximum Gasteiger partial charge on any atom is 0.325 e. The lowest BCUT2D eigenvalue weighted by molar-refractivity contribution is -0.384. The lowest BCUT2D eigenvalue weighted by Gasteiger charge is -2.23. The summed E-state index contributed by atoms with van der Waals surface area (Å²) in [5, 5.41) is 10.7. The summed E-state index contributed by atoms with van der Waals surface area (Å²) < 4.78 is 4.65. The molecule has 0 saturated heterocycles. The molecule has 1 aliphatic rings. The first-order chi connectivity index (χ1) is 8.52. The molecule has 0 aromatic heterocycles. The Bertz CT molecular complexity index is 501. The van der Waals surface area contributed by atoms with Crippen molar-refractivity contribution in [2.75, 3.05) is 18.6 Å². The molecule has 6 heteroatoms. The molecular weight excluding hydrogens is 236 g/mol. The Morgan fingerprint density at radius 2 is 2.33 bits per heavy atom. The topological polar surface area (TPSA) is 72.7 Å². The monoisotopic (exact) mass is 250 g/mol. The number of non-ortho nitro benzene ring substituents is 1. The van der Waals surface area contributed by atoms with Crippen LogP contribution in [0.15, 0.2) is 18.2 Å². The summed E-state index contributed by atoms with van der Waals surface area (Å²) in [6.45, 7) is 2.15. The standard InChI is InChI=1S/C12H14N2O4/c1-8-5-9-6-10(14(16)17)3-4-11(9)13(8)7-12(15)18-2/h3-4,6,8H,5,7H2,1-2H3. The van der Waals surface area contributed by atoms with Crippen LogP contribution in [0.2, 0.25) is 0 Å². The van der Waals surface area contributed by atoms with E-state index in [1.165, 1.54) is 13.2 Å². The van der Waals surface area contributed by atoms with Crippen molar-refractivity contribution < 1.29 is 14.5 Å². The second kappa shape index (κ2) is 4.64. The van der Waals surface area contributed by atoms with Crippen LogP contribution in [0.25, 0.3) is 0 Å². The molecule has 1 aliphatic heterocycles. The predicted molar refractivity (Wildman–Crippen MR) is 65.6 cm³/mol. The second-order valence-corrected chi connectivity index (χ2v) is 4.33. The van der Waals surface area contributed by atoms with Crippen LogP contribution in [0.1, 0.15) is 12.5 Å². The Hall–Kier alpha value is -2.11. The summed E-state index contributed by atoms with van der Waals surface area (Å²) in [7, 11) is 1.35. The first-order valence-corrected chi connectivity index (χ1v) is 5.63. The van der Waals surface area contributed by atoms with E-state index < -0.39 is 4.92 Å². The van der Waals surface area contributed by atoms with Gasteiger partial charge in [0.05, 0.1) is 12.0 Å². The molecule has 1 aromatic carbocycles. The molecule has 1 aromatic rings. The third kappa shape index (κ3) is 2.13. The number of benzene rings is 1. The summed E-state index contributed by atoms with van der Waals surface area (Å²) in [4.78, 5) is 23.5. The van der Waals surface area contributed by atoms with Crippen molar-refractivity contribution in [3.8, 4) is 0 Å². The van der Waals surface area contributed by atoms with Crippen molar-refractivity contribution >= 4 is 17.3 Å². The highest BCUT2D eigenvalue weighted by atomic mass is 16.6. The van der Waals surface area contributed by atoms with Crippen molar-refractivity contribution in [2.45, 2.75) is 19.4 Å². The lowest BCUT2D eigenvalue weighted by atomic mass is 10.1. The largest absolute Gasteiger partial charge is 0.468 e. The van der Waals surface area contributed by atoms with Crippen LogP contribution in [-0.2, 0) is 16.0 Å². The van der Waals surface area contributed by atoms with Crippen LogP contribution >= 0.6 is 0 Å². The number of carbonyl (C=O) groups excluding carboxylic acids is 1. The van der Waals surface area contributed by atoms with Crippen LogP contribution in [0.5, 0.6) is 0 Å². The SMILES string of the molecule is COC(=O)CN1c2ccc([N+](=O)[O-])cc2CC1C. The lowest BCUT2D eigenvalue weighted by Crippen LogP contribution is -2.34. The van der Waals surface area contributed by atoms with Crippen LogP contribution in [0.4, 0.5) is 11.4 Å². The van der Waals surface area contributed by atoms with Gasteiger partial charge in [0.1, 0.15) is 6.54 Å². The fourth-order valence-corrected chi connectivity index (χ4v) is 2.24. The number of hydrogen-bond acceptors (Lipinski definition) is 5. The van der Waals surface area contributed by atoms with Crippen LogP contribution in [-0.4, -0.2) is 30.6 Å². The molecule has 2 rings (SSSR count). The average Bonchev–Trinajstić information content (AvgIpc) is 2.64. The first kappa shape index (κ1) is 12.3. The zero-order valence-electron chi connectivity index (χ0n) is 10.3. The van der Waals surface area contributed by atoms with Crippen molar-refractivity contribution in [3.63, 3.8) is 0 Å². The smallest absolute Gasteiger partial charge is 0.325 e. The molecule has 0 N–H and O–H groups in total. The van der Waals surface area contributed by atoms with Crippen LogP contribution in [0.3, 0.4) is 0 Å². The van der Waals surface area contributed by atoms with Crippen molar-refractivity contribution in [3.05, 3.63) is 33.9 Å². The van der Waals surface area contributed by atoms with Gasteiger partial charge >= 0.3 is 5.97 Å². The Labute approximate surface area is 104 Å². The third-order valence-corrected chi connectivity index (χ3v) is 3.16. The molecule has 96 valence electrons. The third-order valence-electron chi connectivity index (χ3n) is 3.16. The minimum absolute atomic E-state index is 0.0841. The summed E-state index contributed by atoms with van der Waals surface area (Å²) in [6, 6.07) is 4.87. The number of nitro benzene ring substituents is 1. The van der Waals surface area contributed by atoms with E-state index in [0.717, 1.165) is 11.3 Å². The number of carbonyl (C=O) groups is 1. The maximum atomic E-state index is 11.3. The number of rotatable bonds is 3. The quantitative estimate of drug-likeness (QED) is 0.462. The van der Waals surface area contributed by atoms with Gasteiger partial charge in [0.2, 0.25) is 0 Å². The molecule has 0 radical (unpaired) electrons. The van der Waals surface area contributed by atoms with E-state index >= 15 is 0 Å². The number of hydrogen-bond donors (Lipinski definition) is 0. The molecule has 1 atom stereocenters. The van der Waals surface area contributed by atoms with Gasteiger partial charge < -0.3 is 9.64 Å². The van der Waals surface area contributed by atoms with E-state index in [1.54, 1.807) is 12.1 Å². The highest BCUT2D eigenvalue weighted by Gasteiger charge is 2.29. The summed E-state index contributed by atoms with van der Waals surface area (Å²) >= 11 is 0. The highest BCUT2D eigenvalue weighted by Crippen LogP contribution is 2.34. The van der Waals surface area contributed by atoms with E-state index in [2.05, 4.69) is 4.74 Å². The van der Waals surface area contributed by atoms with E-state index in [0.29, 0.717) is 6.42 Å². The molecule has 0 amide bonds. The highest BCUT2D eigenvalue weighted by molar-refractivity contribution is 5.78. The van der Waals surface area contributed by atoms with Crippen molar-refractivity contribution in [1.29, 1.82) is 0 Å². The number of fused-ring (bicyclic) bond motifs is 1. The molecular formula is C12H14N2O4. The minimum atomic E-state index is -0.409. The van der Waals surface area contributed by atoms with Gasteiger partial charge in [-0.25, -0.2) is 0 Å². The second-order valence-electron chi connectivity index (χ2n) is 4.33. The van der Waals surface area contributed by atoms with Gasteiger partial charge in [-0.05, 0) is 25.0 Å². The van der Waals surface area contributed by atoms with Gasteiger partial charge in [0, 0.05) is 23.9 Å². The number of anilines is 1. The van der Waals surface area contributed by atoms with Gasteiger partial charge in [-0.2, -0.15) is 0 Å². The zero-order chi connectivity index (χ0) is 13.3.